The summed E-state index contributed by atoms with van der Waals surface area (Å²) in [6, 6.07) is 5.97. The van der Waals surface area contributed by atoms with Gasteiger partial charge in [0, 0.05) is 16.4 Å². The van der Waals surface area contributed by atoms with E-state index in [1.54, 1.807) is 0 Å². The number of thiazole rings is 1. The van der Waals surface area contributed by atoms with Crippen molar-refractivity contribution in [1.29, 1.82) is 0 Å². The van der Waals surface area contributed by atoms with E-state index in [0.29, 0.717) is 10.2 Å². The Bertz CT molecular complexity index is 744. The van der Waals surface area contributed by atoms with E-state index in [0.717, 1.165) is 22.6 Å². The van der Waals surface area contributed by atoms with Crippen LogP contribution in [0.3, 0.4) is 0 Å². The maximum Gasteiger partial charge on any atom is 0.180 e. The minimum absolute atomic E-state index is 0.265. The fourth-order valence-electron chi connectivity index (χ4n) is 2.16. The second kappa shape index (κ2) is 4.51. The number of hydrogen-bond donors (Lipinski definition) is 1. The van der Waals surface area contributed by atoms with Gasteiger partial charge in [0.1, 0.15) is 5.69 Å². The topological polar surface area (TPSA) is 56.7 Å². The molecule has 0 bridgehead atoms. The van der Waals surface area contributed by atoms with Crippen LogP contribution in [-0.4, -0.2) is 14.5 Å². The molecule has 0 radical (unpaired) electrons. The molecule has 2 heterocycles. The van der Waals surface area contributed by atoms with Crippen LogP contribution >= 0.6 is 22.9 Å². The number of nitrogen functional groups attached to an aromatic ring is 1. The van der Waals surface area contributed by atoms with Crippen LogP contribution in [0.1, 0.15) is 19.9 Å². The zero-order valence-electron chi connectivity index (χ0n) is 10.6. The summed E-state index contributed by atoms with van der Waals surface area (Å²) in [5.41, 5.74) is 8.45. The zero-order valence-corrected chi connectivity index (χ0v) is 12.2. The van der Waals surface area contributed by atoms with Gasteiger partial charge in [-0.2, -0.15) is 0 Å². The first-order valence-electron chi connectivity index (χ1n) is 5.95. The van der Waals surface area contributed by atoms with Crippen molar-refractivity contribution < 1.29 is 0 Å². The molecule has 4 nitrogen and oxygen atoms in total. The minimum atomic E-state index is 0.265. The molecule has 0 aliphatic rings. The summed E-state index contributed by atoms with van der Waals surface area (Å²) in [5, 5.41) is 3.19. The Morgan fingerprint density at radius 2 is 2.11 bits per heavy atom. The zero-order chi connectivity index (χ0) is 13.6. The lowest BCUT2D eigenvalue weighted by atomic mass is 10.3. The highest BCUT2D eigenvalue weighted by atomic mass is 35.5. The molecule has 0 atom stereocenters. The van der Waals surface area contributed by atoms with Crippen molar-refractivity contribution in [3.63, 3.8) is 0 Å². The molecule has 0 amide bonds. The fourth-order valence-corrected chi connectivity index (χ4v) is 2.87. The molecule has 3 rings (SSSR count). The third kappa shape index (κ3) is 2.09. The van der Waals surface area contributed by atoms with Crippen molar-refractivity contribution in [1.82, 2.24) is 14.5 Å². The number of halogens is 1. The molecule has 1 aromatic carbocycles. The Kier molecular flexibility index (Phi) is 2.95. The highest BCUT2D eigenvalue weighted by molar-refractivity contribution is 7.13. The maximum atomic E-state index is 6.08. The second-order valence-corrected chi connectivity index (χ2v) is 5.93. The van der Waals surface area contributed by atoms with E-state index in [1.165, 1.54) is 11.3 Å². The smallest absolute Gasteiger partial charge is 0.180 e. The molecule has 0 unspecified atom stereocenters. The van der Waals surface area contributed by atoms with Crippen LogP contribution in [0.15, 0.2) is 23.6 Å². The molecule has 0 saturated carbocycles. The Morgan fingerprint density at radius 3 is 2.74 bits per heavy atom. The number of anilines is 1. The van der Waals surface area contributed by atoms with Gasteiger partial charge in [-0.15, -0.1) is 11.3 Å². The van der Waals surface area contributed by atoms with Crippen LogP contribution in [0, 0.1) is 0 Å². The molecule has 3 aromatic rings. The predicted octanol–water partition coefficient (Wildman–Crippen LogP) is 3.98. The maximum absolute atomic E-state index is 6.08. The molecule has 0 aliphatic heterocycles. The Labute approximate surface area is 119 Å². The van der Waals surface area contributed by atoms with Gasteiger partial charge in [0.15, 0.2) is 11.0 Å². The molecular formula is C13H13ClN4S. The number of nitrogens with zero attached hydrogens (tertiary/aromatic N) is 3. The monoisotopic (exact) mass is 292 g/mol. The van der Waals surface area contributed by atoms with Crippen molar-refractivity contribution in [3.8, 4) is 11.5 Å². The van der Waals surface area contributed by atoms with Gasteiger partial charge in [0.2, 0.25) is 0 Å². The first-order chi connectivity index (χ1) is 9.06. The third-order valence-corrected chi connectivity index (χ3v) is 3.83. The Morgan fingerprint density at radius 1 is 1.32 bits per heavy atom. The van der Waals surface area contributed by atoms with Gasteiger partial charge in [-0.05, 0) is 32.0 Å². The van der Waals surface area contributed by atoms with Gasteiger partial charge in [0.25, 0.3) is 0 Å². The first-order valence-corrected chi connectivity index (χ1v) is 7.21. The molecule has 19 heavy (non-hydrogen) atoms. The quantitative estimate of drug-likeness (QED) is 0.777. The number of hydrogen-bond acceptors (Lipinski definition) is 4. The van der Waals surface area contributed by atoms with Crippen molar-refractivity contribution in [2.75, 3.05) is 5.73 Å². The molecule has 0 saturated heterocycles. The van der Waals surface area contributed by atoms with Crippen molar-refractivity contribution in [3.05, 3.63) is 28.6 Å². The van der Waals surface area contributed by atoms with Crippen LogP contribution in [0.2, 0.25) is 5.02 Å². The van der Waals surface area contributed by atoms with Crippen LogP contribution in [0.25, 0.3) is 22.6 Å². The average Bonchev–Trinajstić information content (AvgIpc) is 2.91. The summed E-state index contributed by atoms with van der Waals surface area (Å²) < 4.78 is 2.13. The van der Waals surface area contributed by atoms with Gasteiger partial charge in [-0.1, -0.05) is 11.6 Å². The first kappa shape index (κ1) is 12.4. The summed E-state index contributed by atoms with van der Waals surface area (Å²) in [5.74, 6) is 0.834. The van der Waals surface area contributed by atoms with Gasteiger partial charge >= 0.3 is 0 Å². The highest BCUT2D eigenvalue weighted by Gasteiger charge is 2.17. The van der Waals surface area contributed by atoms with E-state index in [1.807, 2.05) is 23.6 Å². The van der Waals surface area contributed by atoms with E-state index in [-0.39, 0.29) is 6.04 Å². The summed E-state index contributed by atoms with van der Waals surface area (Å²) in [4.78, 5) is 8.97. The van der Waals surface area contributed by atoms with Crippen LogP contribution < -0.4 is 5.73 Å². The summed E-state index contributed by atoms with van der Waals surface area (Å²) in [7, 11) is 0. The summed E-state index contributed by atoms with van der Waals surface area (Å²) in [6.45, 7) is 4.22. The van der Waals surface area contributed by atoms with Crippen molar-refractivity contribution in [2.24, 2.45) is 0 Å². The van der Waals surface area contributed by atoms with E-state index in [9.17, 15) is 0 Å². The molecular weight excluding hydrogens is 280 g/mol. The van der Waals surface area contributed by atoms with E-state index >= 15 is 0 Å². The van der Waals surface area contributed by atoms with E-state index < -0.39 is 0 Å². The predicted molar refractivity (Wildman–Crippen MR) is 80.6 cm³/mol. The van der Waals surface area contributed by atoms with Crippen molar-refractivity contribution in [2.45, 2.75) is 19.9 Å². The Balaban J connectivity index is 2.32. The molecule has 2 aromatic heterocycles. The second-order valence-electron chi connectivity index (χ2n) is 4.60. The number of imidazole rings is 1. The standard InChI is InChI=1S/C13H13ClN4S/c1-7(2)18-11-5-8(14)3-4-9(11)16-12(18)10-6-19-13(15)17-10/h3-7H,1-2H3,(H2,15,17). The SMILES string of the molecule is CC(C)n1c(-c2csc(N)n2)nc2ccc(Cl)cc21. The minimum Gasteiger partial charge on any atom is -0.375 e. The Hall–Kier alpha value is -1.59. The van der Waals surface area contributed by atoms with Gasteiger partial charge < -0.3 is 10.3 Å². The number of rotatable bonds is 2. The molecule has 6 heteroatoms. The van der Waals surface area contributed by atoms with E-state index in [4.69, 9.17) is 17.3 Å². The van der Waals surface area contributed by atoms with Crippen molar-refractivity contribution >= 4 is 39.1 Å². The van der Waals surface area contributed by atoms with Gasteiger partial charge in [-0.25, -0.2) is 9.97 Å². The normalized spacial score (nSPS) is 11.6. The number of aromatic nitrogens is 3. The molecule has 0 fully saturated rings. The average molecular weight is 293 g/mol. The molecule has 0 aliphatic carbocycles. The lowest BCUT2D eigenvalue weighted by Gasteiger charge is -2.11. The van der Waals surface area contributed by atoms with Gasteiger partial charge in [0.05, 0.1) is 11.0 Å². The lowest BCUT2D eigenvalue weighted by molar-refractivity contribution is 0.623. The lowest BCUT2D eigenvalue weighted by Crippen LogP contribution is -2.03. The summed E-state index contributed by atoms with van der Waals surface area (Å²) in [6.07, 6.45) is 0. The molecule has 2 N–H and O–H groups in total. The number of benzene rings is 1. The number of fused-ring (bicyclic) bond motifs is 1. The van der Waals surface area contributed by atoms with E-state index in [2.05, 4.69) is 28.4 Å². The molecule has 98 valence electrons. The molecule has 0 spiro atoms. The third-order valence-electron chi connectivity index (χ3n) is 2.92. The van der Waals surface area contributed by atoms with Crippen LogP contribution in [0.4, 0.5) is 5.13 Å². The fraction of sp³-hybridized carbons (Fsp3) is 0.231. The number of nitrogens with two attached hydrogens (primary N) is 1. The van der Waals surface area contributed by atoms with Gasteiger partial charge in [-0.3, -0.25) is 0 Å². The summed E-state index contributed by atoms with van der Waals surface area (Å²) >= 11 is 7.50. The van der Waals surface area contributed by atoms with Crippen LogP contribution in [-0.2, 0) is 0 Å². The largest absolute Gasteiger partial charge is 0.375 e. The highest BCUT2D eigenvalue weighted by Crippen LogP contribution is 2.30. The van der Waals surface area contributed by atoms with Crippen LogP contribution in [0.5, 0.6) is 0 Å².